The molecular formula is C14H19N3O4S. The number of anilines is 1. The highest BCUT2D eigenvalue weighted by Gasteiger charge is 2.22. The van der Waals surface area contributed by atoms with Gasteiger partial charge in [0.05, 0.1) is 4.90 Å². The molecule has 2 N–H and O–H groups in total. The molecule has 120 valence electrons. The van der Waals surface area contributed by atoms with Crippen LogP contribution in [0.2, 0.25) is 0 Å². The Hall–Kier alpha value is -1.93. The highest BCUT2D eigenvalue weighted by molar-refractivity contribution is 7.89. The highest BCUT2D eigenvalue weighted by Crippen LogP contribution is 2.22. The fourth-order valence-electron chi connectivity index (χ4n) is 2.23. The first-order chi connectivity index (χ1) is 10.4. The second-order valence-electron chi connectivity index (χ2n) is 5.02. The van der Waals surface area contributed by atoms with E-state index in [4.69, 9.17) is 0 Å². The highest BCUT2D eigenvalue weighted by atomic mass is 32.2. The topological polar surface area (TPSA) is 95.6 Å². The number of hydrogen-bond donors (Lipinski definition) is 2. The molecule has 0 unspecified atom stereocenters. The molecule has 0 spiro atoms. The summed E-state index contributed by atoms with van der Waals surface area (Å²) in [6.07, 6.45) is 1.36. The van der Waals surface area contributed by atoms with Gasteiger partial charge in [-0.2, -0.15) is 0 Å². The molecular weight excluding hydrogens is 306 g/mol. The van der Waals surface area contributed by atoms with Gasteiger partial charge in [0.2, 0.25) is 21.8 Å². The fourth-order valence-corrected chi connectivity index (χ4v) is 3.27. The molecule has 1 aromatic rings. The van der Waals surface area contributed by atoms with Crippen molar-refractivity contribution in [3.63, 3.8) is 0 Å². The molecule has 22 heavy (non-hydrogen) atoms. The number of amides is 2. The van der Waals surface area contributed by atoms with Crippen molar-refractivity contribution < 1.29 is 18.0 Å². The SMILES string of the molecule is CC(=O)NCCNS(=O)(=O)c1ccc(N2CCCC2=O)cc1. The molecule has 1 saturated heterocycles. The van der Waals surface area contributed by atoms with Gasteiger partial charge in [0, 0.05) is 38.7 Å². The van der Waals surface area contributed by atoms with Crippen LogP contribution in [0.15, 0.2) is 29.2 Å². The predicted octanol–water partition coefficient (Wildman–Crippen LogP) is 0.228. The van der Waals surface area contributed by atoms with Gasteiger partial charge in [-0.1, -0.05) is 0 Å². The Bertz CT molecular complexity index is 655. The Morgan fingerprint density at radius 2 is 1.91 bits per heavy atom. The summed E-state index contributed by atoms with van der Waals surface area (Å²) in [5.41, 5.74) is 0.708. The van der Waals surface area contributed by atoms with Gasteiger partial charge in [-0.25, -0.2) is 13.1 Å². The van der Waals surface area contributed by atoms with E-state index in [1.807, 2.05) is 0 Å². The van der Waals surface area contributed by atoms with Crippen LogP contribution < -0.4 is 14.9 Å². The smallest absolute Gasteiger partial charge is 0.240 e. The first-order valence-corrected chi connectivity index (χ1v) is 8.53. The minimum Gasteiger partial charge on any atom is -0.355 e. The third-order valence-corrected chi connectivity index (χ3v) is 4.80. The first-order valence-electron chi connectivity index (χ1n) is 7.05. The molecule has 7 nitrogen and oxygen atoms in total. The summed E-state index contributed by atoms with van der Waals surface area (Å²) in [5, 5.41) is 2.51. The van der Waals surface area contributed by atoms with Crippen molar-refractivity contribution in [1.29, 1.82) is 0 Å². The van der Waals surface area contributed by atoms with Gasteiger partial charge in [-0.3, -0.25) is 9.59 Å². The summed E-state index contributed by atoms with van der Waals surface area (Å²) >= 11 is 0. The molecule has 0 bridgehead atoms. The van der Waals surface area contributed by atoms with Crippen molar-refractivity contribution >= 4 is 27.5 Å². The van der Waals surface area contributed by atoms with Gasteiger partial charge in [-0.05, 0) is 30.7 Å². The average Bonchev–Trinajstić information content (AvgIpc) is 2.90. The summed E-state index contributed by atoms with van der Waals surface area (Å²) in [6.45, 7) is 2.38. The number of carbonyl (C=O) groups excluding carboxylic acids is 2. The van der Waals surface area contributed by atoms with Gasteiger partial charge in [0.1, 0.15) is 0 Å². The largest absolute Gasteiger partial charge is 0.355 e. The third-order valence-electron chi connectivity index (χ3n) is 3.32. The van der Waals surface area contributed by atoms with Gasteiger partial charge < -0.3 is 10.2 Å². The lowest BCUT2D eigenvalue weighted by Crippen LogP contribution is -2.33. The molecule has 0 radical (unpaired) electrons. The predicted molar refractivity (Wildman–Crippen MR) is 81.9 cm³/mol. The third kappa shape index (κ3) is 4.05. The Morgan fingerprint density at radius 1 is 1.23 bits per heavy atom. The van der Waals surface area contributed by atoms with Crippen LogP contribution in [-0.4, -0.2) is 39.9 Å². The number of hydrogen-bond acceptors (Lipinski definition) is 4. The molecule has 0 aromatic heterocycles. The van der Waals surface area contributed by atoms with E-state index in [1.165, 1.54) is 19.1 Å². The number of nitrogens with one attached hydrogen (secondary N) is 2. The lowest BCUT2D eigenvalue weighted by molar-refractivity contribution is -0.119. The summed E-state index contributed by atoms with van der Waals surface area (Å²) in [4.78, 5) is 24.1. The van der Waals surface area contributed by atoms with Crippen LogP contribution >= 0.6 is 0 Å². The zero-order valence-electron chi connectivity index (χ0n) is 12.3. The molecule has 1 aliphatic heterocycles. The number of nitrogens with zero attached hydrogens (tertiary/aromatic N) is 1. The quantitative estimate of drug-likeness (QED) is 0.732. The van der Waals surface area contributed by atoms with Crippen molar-refractivity contribution in [3.8, 4) is 0 Å². The second kappa shape index (κ2) is 6.89. The van der Waals surface area contributed by atoms with Crippen LogP contribution in [0.3, 0.4) is 0 Å². The maximum atomic E-state index is 12.1. The van der Waals surface area contributed by atoms with E-state index in [0.717, 1.165) is 6.42 Å². The lowest BCUT2D eigenvalue weighted by atomic mass is 10.3. The van der Waals surface area contributed by atoms with Gasteiger partial charge in [0.25, 0.3) is 0 Å². The number of carbonyl (C=O) groups is 2. The number of rotatable bonds is 6. The van der Waals surface area contributed by atoms with E-state index in [1.54, 1.807) is 17.0 Å². The van der Waals surface area contributed by atoms with E-state index in [9.17, 15) is 18.0 Å². The summed E-state index contributed by atoms with van der Waals surface area (Å²) in [7, 11) is -3.62. The summed E-state index contributed by atoms with van der Waals surface area (Å²) < 4.78 is 26.5. The molecule has 0 aliphatic carbocycles. The Labute approximate surface area is 129 Å². The van der Waals surface area contributed by atoms with Crippen LogP contribution in [0.1, 0.15) is 19.8 Å². The Balaban J connectivity index is 1.99. The maximum Gasteiger partial charge on any atom is 0.240 e. The Morgan fingerprint density at radius 3 is 2.45 bits per heavy atom. The minimum absolute atomic E-state index is 0.0593. The van der Waals surface area contributed by atoms with Crippen LogP contribution in [0.5, 0.6) is 0 Å². The molecule has 0 saturated carbocycles. The zero-order valence-corrected chi connectivity index (χ0v) is 13.1. The minimum atomic E-state index is -3.62. The second-order valence-corrected chi connectivity index (χ2v) is 6.79. The van der Waals surface area contributed by atoms with Crippen LogP contribution in [0.25, 0.3) is 0 Å². The number of benzene rings is 1. The average molecular weight is 325 g/mol. The van der Waals surface area contributed by atoms with E-state index in [0.29, 0.717) is 18.7 Å². The molecule has 1 aliphatic rings. The van der Waals surface area contributed by atoms with E-state index in [-0.39, 0.29) is 29.8 Å². The molecule has 2 amide bonds. The van der Waals surface area contributed by atoms with E-state index in [2.05, 4.69) is 10.0 Å². The van der Waals surface area contributed by atoms with Gasteiger partial charge >= 0.3 is 0 Å². The molecule has 0 atom stereocenters. The van der Waals surface area contributed by atoms with Gasteiger partial charge in [-0.15, -0.1) is 0 Å². The molecule has 1 heterocycles. The van der Waals surface area contributed by atoms with Crippen molar-refractivity contribution in [2.24, 2.45) is 0 Å². The first kappa shape index (κ1) is 16.4. The fraction of sp³-hybridized carbons (Fsp3) is 0.429. The molecule has 1 aromatic carbocycles. The Kier molecular flexibility index (Phi) is 5.15. The summed E-state index contributed by atoms with van der Waals surface area (Å²) in [6, 6.07) is 6.21. The van der Waals surface area contributed by atoms with Crippen molar-refractivity contribution in [1.82, 2.24) is 10.0 Å². The van der Waals surface area contributed by atoms with Crippen LogP contribution in [0.4, 0.5) is 5.69 Å². The number of sulfonamides is 1. The molecule has 2 rings (SSSR count). The van der Waals surface area contributed by atoms with Crippen molar-refractivity contribution in [2.75, 3.05) is 24.5 Å². The monoisotopic (exact) mass is 325 g/mol. The zero-order chi connectivity index (χ0) is 16.2. The molecule has 8 heteroatoms. The summed E-state index contributed by atoms with van der Waals surface area (Å²) in [5.74, 6) is -0.150. The van der Waals surface area contributed by atoms with Crippen LogP contribution in [-0.2, 0) is 19.6 Å². The molecule has 1 fully saturated rings. The maximum absolute atomic E-state index is 12.1. The van der Waals surface area contributed by atoms with E-state index < -0.39 is 10.0 Å². The standard InChI is InChI=1S/C14H19N3O4S/c1-11(18)15-8-9-16-22(20,21)13-6-4-12(5-7-13)17-10-2-3-14(17)19/h4-7,16H,2-3,8-10H2,1H3,(H,15,18). The van der Waals surface area contributed by atoms with Crippen molar-refractivity contribution in [3.05, 3.63) is 24.3 Å². The van der Waals surface area contributed by atoms with Crippen molar-refractivity contribution in [2.45, 2.75) is 24.7 Å². The lowest BCUT2D eigenvalue weighted by Gasteiger charge is -2.16. The normalized spacial score (nSPS) is 15.1. The van der Waals surface area contributed by atoms with E-state index >= 15 is 0 Å². The van der Waals surface area contributed by atoms with Gasteiger partial charge in [0.15, 0.2) is 0 Å². The van der Waals surface area contributed by atoms with Crippen LogP contribution in [0, 0.1) is 0 Å².